The van der Waals surface area contributed by atoms with Crippen LogP contribution in [0.5, 0.6) is 0 Å². The van der Waals surface area contributed by atoms with Crippen LogP contribution in [0.1, 0.15) is 20.8 Å². The highest BCUT2D eigenvalue weighted by atomic mass is 35.7. The predicted molar refractivity (Wildman–Crippen MR) is 52.1 cm³/mol. The number of hydrogen-bond acceptors (Lipinski definition) is 0. The maximum atomic E-state index is 5.98. The summed E-state index contributed by atoms with van der Waals surface area (Å²) < 4.78 is 0. The van der Waals surface area contributed by atoms with E-state index >= 15 is 0 Å². The SMILES string of the molecule is CC(C)[C@@H](C)C[Si](C)(Cl)Cl. The molecule has 0 heterocycles. The Hall–Kier alpha value is 0.797. The Morgan fingerprint density at radius 3 is 1.70 bits per heavy atom. The Kier molecular flexibility index (Phi) is 4.30. The summed E-state index contributed by atoms with van der Waals surface area (Å²) in [6.45, 7) is 6.77. The predicted octanol–water partition coefficient (Wildman–Crippen LogP) is 3.83. The highest BCUT2D eigenvalue weighted by Gasteiger charge is 2.25. The van der Waals surface area contributed by atoms with Crippen LogP contribution in [0.3, 0.4) is 0 Å². The molecule has 0 aromatic rings. The van der Waals surface area contributed by atoms with E-state index in [0.717, 1.165) is 6.04 Å². The molecule has 0 saturated heterocycles. The molecule has 0 aliphatic rings. The fourth-order valence-electron chi connectivity index (χ4n) is 0.801. The van der Waals surface area contributed by atoms with Gasteiger partial charge < -0.3 is 0 Å². The second-order valence-electron chi connectivity index (χ2n) is 3.50. The third-order valence-corrected chi connectivity index (χ3v) is 4.11. The fraction of sp³-hybridized carbons (Fsp3) is 1.00. The summed E-state index contributed by atoms with van der Waals surface area (Å²) in [4.78, 5) is 0. The van der Waals surface area contributed by atoms with Crippen LogP contribution in [0, 0.1) is 11.8 Å². The van der Waals surface area contributed by atoms with Crippen molar-refractivity contribution in [2.24, 2.45) is 11.8 Å². The van der Waals surface area contributed by atoms with Crippen LogP contribution < -0.4 is 0 Å². The molecule has 0 aromatic carbocycles. The normalized spacial score (nSPS) is 15.9. The van der Waals surface area contributed by atoms with E-state index in [1.807, 2.05) is 6.55 Å². The topological polar surface area (TPSA) is 0 Å². The smallest absolute Gasteiger partial charge is 0.146 e. The van der Waals surface area contributed by atoms with Crippen molar-refractivity contribution in [3.05, 3.63) is 0 Å². The fourth-order valence-corrected chi connectivity index (χ4v) is 3.86. The minimum Gasteiger partial charge on any atom is -0.146 e. The van der Waals surface area contributed by atoms with E-state index in [0.29, 0.717) is 11.8 Å². The summed E-state index contributed by atoms with van der Waals surface area (Å²) >= 11 is 12.0. The molecule has 0 aliphatic carbocycles. The van der Waals surface area contributed by atoms with Crippen molar-refractivity contribution in [1.82, 2.24) is 0 Å². The van der Waals surface area contributed by atoms with Crippen LogP contribution in [0.2, 0.25) is 12.6 Å². The van der Waals surface area contributed by atoms with Gasteiger partial charge in [0.2, 0.25) is 6.69 Å². The van der Waals surface area contributed by atoms with Gasteiger partial charge in [-0.15, -0.1) is 22.2 Å². The van der Waals surface area contributed by atoms with Crippen LogP contribution in [-0.4, -0.2) is 6.69 Å². The van der Waals surface area contributed by atoms with Gasteiger partial charge in [0.05, 0.1) is 0 Å². The van der Waals surface area contributed by atoms with Crippen LogP contribution >= 0.6 is 22.2 Å². The summed E-state index contributed by atoms with van der Waals surface area (Å²) in [6.07, 6.45) is 0. The van der Waals surface area contributed by atoms with Gasteiger partial charge in [-0.25, -0.2) is 0 Å². The first kappa shape index (κ1) is 10.8. The second kappa shape index (κ2) is 3.98. The zero-order valence-corrected chi connectivity index (χ0v) is 9.63. The Balaban J connectivity index is 3.68. The minimum atomic E-state index is -1.84. The van der Waals surface area contributed by atoms with Crippen molar-refractivity contribution >= 4 is 28.9 Å². The molecule has 0 radical (unpaired) electrons. The number of halogens is 2. The molecule has 0 amide bonds. The molecule has 10 heavy (non-hydrogen) atoms. The van der Waals surface area contributed by atoms with Gasteiger partial charge in [-0.2, -0.15) is 0 Å². The van der Waals surface area contributed by atoms with Gasteiger partial charge in [-0.1, -0.05) is 20.8 Å². The standard InChI is InChI=1S/C7H16Cl2Si/c1-6(2)7(3)5-10(4,8)9/h6-7H,5H2,1-4H3/t7-/m0/s1. The van der Waals surface area contributed by atoms with Crippen LogP contribution in [0.15, 0.2) is 0 Å². The van der Waals surface area contributed by atoms with Gasteiger partial charge in [0.15, 0.2) is 0 Å². The lowest BCUT2D eigenvalue weighted by Crippen LogP contribution is -2.19. The molecule has 3 heteroatoms. The third-order valence-electron chi connectivity index (χ3n) is 1.82. The van der Waals surface area contributed by atoms with Crippen LogP contribution in [0.4, 0.5) is 0 Å². The third kappa shape index (κ3) is 5.57. The van der Waals surface area contributed by atoms with Gasteiger partial charge in [0, 0.05) is 0 Å². The Labute approximate surface area is 74.3 Å². The molecule has 0 unspecified atom stereocenters. The molecule has 0 saturated carbocycles. The summed E-state index contributed by atoms with van der Waals surface area (Å²) in [5.41, 5.74) is 0. The zero-order valence-electron chi connectivity index (χ0n) is 7.12. The molecule has 1 atom stereocenters. The molecule has 0 N–H and O–H groups in total. The number of rotatable bonds is 3. The average Bonchev–Trinajstić information content (AvgIpc) is 1.60. The summed E-state index contributed by atoms with van der Waals surface area (Å²) in [7, 11) is 0. The first-order valence-corrected chi connectivity index (χ1v) is 8.44. The first-order chi connectivity index (χ1) is 4.33. The maximum Gasteiger partial charge on any atom is 0.248 e. The van der Waals surface area contributed by atoms with Gasteiger partial charge in [-0.05, 0) is 24.4 Å². The molecular weight excluding hydrogens is 183 g/mol. The van der Waals surface area contributed by atoms with Crippen molar-refractivity contribution in [2.75, 3.05) is 0 Å². The largest absolute Gasteiger partial charge is 0.248 e. The Bertz CT molecular complexity index is 96.3. The Morgan fingerprint density at radius 2 is 1.60 bits per heavy atom. The maximum absolute atomic E-state index is 5.98. The first-order valence-electron chi connectivity index (χ1n) is 3.71. The summed E-state index contributed by atoms with van der Waals surface area (Å²) in [5.74, 6) is 1.36. The van der Waals surface area contributed by atoms with E-state index in [4.69, 9.17) is 22.2 Å². The van der Waals surface area contributed by atoms with Crippen molar-refractivity contribution in [3.63, 3.8) is 0 Å². The highest BCUT2D eigenvalue weighted by molar-refractivity contribution is 7.44. The summed E-state index contributed by atoms with van der Waals surface area (Å²) in [6, 6.07) is 1.01. The van der Waals surface area contributed by atoms with Gasteiger partial charge in [-0.3, -0.25) is 0 Å². The molecule has 0 rings (SSSR count). The molecule has 0 aliphatic heterocycles. The zero-order chi connectivity index (χ0) is 8.36. The van der Waals surface area contributed by atoms with Crippen LogP contribution in [-0.2, 0) is 0 Å². The van der Waals surface area contributed by atoms with E-state index in [2.05, 4.69) is 20.8 Å². The Morgan fingerprint density at radius 1 is 1.20 bits per heavy atom. The molecule has 0 nitrogen and oxygen atoms in total. The molecule has 62 valence electrons. The van der Waals surface area contributed by atoms with Crippen molar-refractivity contribution in [1.29, 1.82) is 0 Å². The van der Waals surface area contributed by atoms with Crippen molar-refractivity contribution < 1.29 is 0 Å². The van der Waals surface area contributed by atoms with Crippen molar-refractivity contribution in [3.8, 4) is 0 Å². The number of hydrogen-bond donors (Lipinski definition) is 0. The molecule has 0 bridgehead atoms. The monoisotopic (exact) mass is 198 g/mol. The van der Waals surface area contributed by atoms with Gasteiger partial charge in [0.1, 0.15) is 0 Å². The van der Waals surface area contributed by atoms with E-state index in [1.165, 1.54) is 0 Å². The second-order valence-corrected chi connectivity index (χ2v) is 11.6. The molecule has 0 aromatic heterocycles. The average molecular weight is 199 g/mol. The summed E-state index contributed by atoms with van der Waals surface area (Å²) in [5, 5.41) is 0. The van der Waals surface area contributed by atoms with Gasteiger partial charge in [0.25, 0.3) is 0 Å². The quantitative estimate of drug-likeness (QED) is 0.478. The van der Waals surface area contributed by atoms with E-state index in [1.54, 1.807) is 0 Å². The minimum absolute atomic E-state index is 0.659. The molecule has 0 spiro atoms. The van der Waals surface area contributed by atoms with E-state index < -0.39 is 6.69 Å². The highest BCUT2D eigenvalue weighted by Crippen LogP contribution is 2.28. The lowest BCUT2D eigenvalue weighted by Gasteiger charge is -2.19. The van der Waals surface area contributed by atoms with Crippen LogP contribution in [0.25, 0.3) is 0 Å². The lowest BCUT2D eigenvalue weighted by molar-refractivity contribution is 0.454. The van der Waals surface area contributed by atoms with E-state index in [-0.39, 0.29) is 0 Å². The van der Waals surface area contributed by atoms with Gasteiger partial charge >= 0.3 is 0 Å². The van der Waals surface area contributed by atoms with E-state index in [9.17, 15) is 0 Å². The lowest BCUT2D eigenvalue weighted by atomic mass is 10.0. The molecule has 0 fully saturated rings. The van der Waals surface area contributed by atoms with Crippen molar-refractivity contribution in [2.45, 2.75) is 33.4 Å². The molecular formula is C7H16Cl2Si.